The van der Waals surface area contributed by atoms with Crippen LogP contribution >= 0.6 is 0 Å². The molecular formula is C29H37N5O6. The van der Waals surface area contributed by atoms with E-state index >= 15 is 0 Å². The van der Waals surface area contributed by atoms with Crippen LogP contribution in [0.4, 0.5) is 0 Å². The first-order valence-corrected chi connectivity index (χ1v) is 13.2. The Kier molecular flexibility index (Phi) is 10.3. The van der Waals surface area contributed by atoms with Gasteiger partial charge in [-0.15, -0.1) is 0 Å². The third kappa shape index (κ3) is 8.31. The second-order valence-electron chi connectivity index (χ2n) is 10.4. The van der Waals surface area contributed by atoms with E-state index in [4.69, 9.17) is 5.73 Å². The SMILES string of the molecule is CC(C)CC(NC(=O)C(C)NC(=O)C(Cc1ccc(O)cc1)NC(=O)C(N)Cc1c[nH]c2ccccc12)C(=O)O. The Morgan fingerprint density at radius 3 is 2.15 bits per heavy atom. The van der Waals surface area contributed by atoms with Crippen molar-refractivity contribution in [2.75, 3.05) is 0 Å². The molecule has 0 aliphatic carbocycles. The van der Waals surface area contributed by atoms with Gasteiger partial charge in [0.25, 0.3) is 0 Å². The lowest BCUT2D eigenvalue weighted by molar-refractivity contribution is -0.142. The summed E-state index contributed by atoms with van der Waals surface area (Å²) in [5, 5.41) is 27.7. The molecule has 0 saturated carbocycles. The lowest BCUT2D eigenvalue weighted by Crippen LogP contribution is -2.57. The molecular weight excluding hydrogens is 514 g/mol. The fourth-order valence-corrected chi connectivity index (χ4v) is 4.36. The van der Waals surface area contributed by atoms with E-state index in [1.54, 1.807) is 18.3 Å². The number of phenols is 1. The zero-order valence-corrected chi connectivity index (χ0v) is 22.8. The maximum absolute atomic E-state index is 13.3. The Morgan fingerprint density at radius 1 is 0.850 bits per heavy atom. The van der Waals surface area contributed by atoms with E-state index in [1.807, 2.05) is 38.1 Å². The molecule has 4 atom stereocenters. The average molecular weight is 552 g/mol. The van der Waals surface area contributed by atoms with Gasteiger partial charge >= 0.3 is 5.97 Å². The van der Waals surface area contributed by atoms with Crippen LogP contribution in [-0.4, -0.2) is 63.1 Å². The van der Waals surface area contributed by atoms with Crippen LogP contribution in [0.25, 0.3) is 10.9 Å². The van der Waals surface area contributed by atoms with Gasteiger partial charge in [-0.25, -0.2) is 4.79 Å². The molecule has 4 unspecified atom stereocenters. The number of rotatable bonds is 13. The number of carbonyl (C=O) groups is 4. The average Bonchev–Trinajstić information content (AvgIpc) is 3.31. The monoisotopic (exact) mass is 551 g/mol. The Labute approximate surface area is 232 Å². The van der Waals surface area contributed by atoms with Crippen LogP contribution in [0.15, 0.2) is 54.7 Å². The Balaban J connectivity index is 1.71. The highest BCUT2D eigenvalue weighted by atomic mass is 16.4. The van der Waals surface area contributed by atoms with Crippen LogP contribution in [0.5, 0.6) is 5.75 Å². The summed E-state index contributed by atoms with van der Waals surface area (Å²) in [4.78, 5) is 53.7. The van der Waals surface area contributed by atoms with Crippen molar-refractivity contribution in [2.45, 2.75) is 64.2 Å². The van der Waals surface area contributed by atoms with Crippen molar-refractivity contribution in [3.8, 4) is 5.75 Å². The van der Waals surface area contributed by atoms with Gasteiger partial charge in [-0.1, -0.05) is 44.2 Å². The maximum Gasteiger partial charge on any atom is 0.326 e. The molecule has 0 aliphatic rings. The second-order valence-corrected chi connectivity index (χ2v) is 10.4. The van der Waals surface area contributed by atoms with Gasteiger partial charge in [-0.3, -0.25) is 14.4 Å². The number of aliphatic carboxylic acids is 1. The maximum atomic E-state index is 13.3. The summed E-state index contributed by atoms with van der Waals surface area (Å²) >= 11 is 0. The standard InChI is InChI=1S/C29H37N5O6/c1-16(2)12-25(29(39)40)34-26(36)17(3)32-28(38)24(13-18-8-10-20(35)11-9-18)33-27(37)22(30)14-19-15-31-23-7-5-4-6-21(19)23/h4-11,15-17,22,24-25,31,35H,12-14,30H2,1-3H3,(H,32,38)(H,33,37)(H,34,36)(H,39,40). The summed E-state index contributed by atoms with van der Waals surface area (Å²) < 4.78 is 0. The molecule has 214 valence electrons. The Hall–Kier alpha value is -4.38. The summed E-state index contributed by atoms with van der Waals surface area (Å²) in [5.41, 5.74) is 8.65. The molecule has 3 aromatic rings. The smallest absolute Gasteiger partial charge is 0.326 e. The molecule has 3 rings (SSSR count). The van der Waals surface area contributed by atoms with Gasteiger partial charge in [0.2, 0.25) is 17.7 Å². The van der Waals surface area contributed by atoms with Crippen molar-refractivity contribution in [1.29, 1.82) is 0 Å². The van der Waals surface area contributed by atoms with E-state index in [9.17, 15) is 29.4 Å². The first kappa shape index (κ1) is 30.2. The first-order valence-electron chi connectivity index (χ1n) is 13.2. The number of hydrogen-bond donors (Lipinski definition) is 7. The fourth-order valence-electron chi connectivity index (χ4n) is 4.36. The molecule has 3 amide bonds. The first-order chi connectivity index (χ1) is 18.9. The van der Waals surface area contributed by atoms with Crippen molar-refractivity contribution < 1.29 is 29.4 Å². The second kappa shape index (κ2) is 13.6. The predicted octanol–water partition coefficient (Wildman–Crippen LogP) is 1.59. The van der Waals surface area contributed by atoms with E-state index in [-0.39, 0.29) is 30.9 Å². The number of aromatic nitrogens is 1. The molecule has 0 spiro atoms. The molecule has 11 heteroatoms. The molecule has 1 aromatic heterocycles. The number of carboxylic acids is 1. The molecule has 0 saturated heterocycles. The van der Waals surface area contributed by atoms with Crippen molar-refractivity contribution in [3.05, 3.63) is 65.9 Å². The van der Waals surface area contributed by atoms with Crippen molar-refractivity contribution in [1.82, 2.24) is 20.9 Å². The number of nitrogens with one attached hydrogen (secondary N) is 4. The largest absolute Gasteiger partial charge is 0.508 e. The molecule has 0 aliphatic heterocycles. The number of nitrogens with two attached hydrogens (primary N) is 1. The normalized spacial score (nSPS) is 14.2. The van der Waals surface area contributed by atoms with E-state index in [0.717, 1.165) is 16.5 Å². The fraction of sp³-hybridized carbons (Fsp3) is 0.379. The number of aromatic hydroxyl groups is 1. The molecule has 8 N–H and O–H groups in total. The van der Waals surface area contributed by atoms with Gasteiger partial charge in [-0.05, 0) is 55.0 Å². The summed E-state index contributed by atoms with van der Waals surface area (Å²) in [6.07, 6.45) is 2.32. The highest BCUT2D eigenvalue weighted by Crippen LogP contribution is 2.19. The Bertz CT molecular complexity index is 1340. The number of fused-ring (bicyclic) bond motifs is 1. The molecule has 11 nitrogen and oxygen atoms in total. The minimum Gasteiger partial charge on any atom is -0.508 e. The zero-order chi connectivity index (χ0) is 29.4. The van der Waals surface area contributed by atoms with E-state index < -0.39 is 47.9 Å². The number of hydrogen-bond acceptors (Lipinski definition) is 6. The van der Waals surface area contributed by atoms with Gasteiger partial charge in [-0.2, -0.15) is 0 Å². The summed E-state index contributed by atoms with van der Waals surface area (Å²) in [5.74, 6) is -2.93. The quantitative estimate of drug-likeness (QED) is 0.168. The number of para-hydroxylation sites is 1. The molecule has 0 fully saturated rings. The van der Waals surface area contributed by atoms with E-state index in [1.165, 1.54) is 19.1 Å². The van der Waals surface area contributed by atoms with Crippen LogP contribution in [0.3, 0.4) is 0 Å². The molecule has 40 heavy (non-hydrogen) atoms. The number of H-pyrrole nitrogens is 1. The number of benzene rings is 2. The summed E-state index contributed by atoms with van der Waals surface area (Å²) in [6.45, 7) is 5.12. The van der Waals surface area contributed by atoms with E-state index in [2.05, 4.69) is 20.9 Å². The number of aromatic amines is 1. The highest BCUT2D eigenvalue weighted by Gasteiger charge is 2.29. The summed E-state index contributed by atoms with van der Waals surface area (Å²) in [6, 6.07) is 9.59. The lowest BCUT2D eigenvalue weighted by atomic mass is 10.0. The number of amides is 3. The van der Waals surface area contributed by atoms with Crippen LogP contribution in [0.1, 0.15) is 38.3 Å². The van der Waals surface area contributed by atoms with Gasteiger partial charge in [0.1, 0.15) is 23.9 Å². The third-order valence-electron chi connectivity index (χ3n) is 6.53. The topological polar surface area (TPSA) is 187 Å². The molecule has 0 bridgehead atoms. The minimum atomic E-state index is -1.16. The minimum absolute atomic E-state index is 0.0321. The number of carbonyl (C=O) groups excluding carboxylic acids is 3. The van der Waals surface area contributed by atoms with Crippen LogP contribution in [0.2, 0.25) is 0 Å². The van der Waals surface area contributed by atoms with Crippen molar-refractivity contribution >= 4 is 34.6 Å². The van der Waals surface area contributed by atoms with Crippen molar-refractivity contribution in [2.24, 2.45) is 11.7 Å². The third-order valence-corrected chi connectivity index (χ3v) is 6.53. The molecule has 2 aromatic carbocycles. The number of carboxylic acid groups (broad SMARTS) is 1. The summed E-state index contributed by atoms with van der Waals surface area (Å²) in [7, 11) is 0. The molecule has 0 radical (unpaired) electrons. The zero-order valence-electron chi connectivity index (χ0n) is 22.8. The van der Waals surface area contributed by atoms with Gasteiger partial charge in [0.05, 0.1) is 6.04 Å². The van der Waals surface area contributed by atoms with Gasteiger partial charge in [0, 0.05) is 23.5 Å². The van der Waals surface area contributed by atoms with Gasteiger partial charge < -0.3 is 36.9 Å². The predicted molar refractivity (Wildman–Crippen MR) is 150 cm³/mol. The highest BCUT2D eigenvalue weighted by molar-refractivity contribution is 5.94. The van der Waals surface area contributed by atoms with Crippen molar-refractivity contribution in [3.63, 3.8) is 0 Å². The van der Waals surface area contributed by atoms with Gasteiger partial charge in [0.15, 0.2) is 0 Å². The Morgan fingerprint density at radius 2 is 1.50 bits per heavy atom. The molecule has 1 heterocycles. The lowest BCUT2D eigenvalue weighted by Gasteiger charge is -2.24. The van der Waals surface area contributed by atoms with Crippen LogP contribution < -0.4 is 21.7 Å². The van der Waals surface area contributed by atoms with E-state index in [0.29, 0.717) is 5.56 Å². The van der Waals surface area contributed by atoms with Crippen LogP contribution in [-0.2, 0) is 32.0 Å². The number of phenolic OH excluding ortho intramolecular Hbond substituents is 1. The van der Waals surface area contributed by atoms with Crippen LogP contribution in [0, 0.1) is 5.92 Å².